The van der Waals surface area contributed by atoms with Crippen LogP contribution in [0.1, 0.15) is 23.0 Å². The standard InChI is InChI=1S/C13H12BrClFN3O/c1-3-11-8(6-19(2)18-11)13(20)17-12-9(14)4-7(16)5-10(12)15/h4-6H,3H2,1-2H3,(H,17,20). The summed E-state index contributed by atoms with van der Waals surface area (Å²) in [4.78, 5) is 12.3. The van der Waals surface area contributed by atoms with E-state index in [1.807, 2.05) is 6.92 Å². The summed E-state index contributed by atoms with van der Waals surface area (Å²) in [7, 11) is 1.75. The SMILES string of the molecule is CCc1nn(C)cc1C(=O)Nc1c(Cl)cc(F)cc1Br. The Morgan fingerprint density at radius 3 is 2.85 bits per heavy atom. The van der Waals surface area contributed by atoms with Gasteiger partial charge in [0.15, 0.2) is 0 Å². The Morgan fingerprint density at radius 2 is 2.25 bits per heavy atom. The minimum atomic E-state index is -0.476. The van der Waals surface area contributed by atoms with Gasteiger partial charge in [0.05, 0.1) is 22.0 Å². The zero-order valence-corrected chi connectivity index (χ0v) is 13.2. The quantitative estimate of drug-likeness (QED) is 0.905. The average Bonchev–Trinajstić information content (AvgIpc) is 2.75. The zero-order chi connectivity index (χ0) is 14.9. The first-order chi connectivity index (χ1) is 9.42. The van der Waals surface area contributed by atoms with Gasteiger partial charge in [0.25, 0.3) is 5.91 Å². The minimum Gasteiger partial charge on any atom is -0.320 e. The molecule has 2 rings (SSSR count). The van der Waals surface area contributed by atoms with Crippen LogP contribution >= 0.6 is 27.5 Å². The van der Waals surface area contributed by atoms with Gasteiger partial charge in [-0.2, -0.15) is 5.10 Å². The molecule has 0 aliphatic heterocycles. The van der Waals surface area contributed by atoms with Crippen LogP contribution in [0.3, 0.4) is 0 Å². The molecule has 1 aromatic carbocycles. The number of carbonyl (C=O) groups is 1. The van der Waals surface area contributed by atoms with Crippen LogP contribution in [0.5, 0.6) is 0 Å². The summed E-state index contributed by atoms with van der Waals surface area (Å²) >= 11 is 9.12. The third kappa shape index (κ3) is 3.02. The molecule has 0 aliphatic rings. The number of benzene rings is 1. The van der Waals surface area contributed by atoms with E-state index in [1.54, 1.807) is 17.9 Å². The highest BCUT2D eigenvalue weighted by molar-refractivity contribution is 9.10. The summed E-state index contributed by atoms with van der Waals surface area (Å²) < 4.78 is 15.1. The van der Waals surface area contributed by atoms with Gasteiger partial charge in [-0.15, -0.1) is 0 Å². The summed E-state index contributed by atoms with van der Waals surface area (Å²) in [5.41, 5.74) is 1.51. The van der Waals surface area contributed by atoms with Crippen LogP contribution in [0.2, 0.25) is 5.02 Å². The number of hydrogen-bond donors (Lipinski definition) is 1. The van der Waals surface area contributed by atoms with Crippen molar-refractivity contribution in [2.75, 3.05) is 5.32 Å². The van der Waals surface area contributed by atoms with E-state index in [1.165, 1.54) is 6.07 Å². The first kappa shape index (κ1) is 15.0. The average molecular weight is 361 g/mol. The summed E-state index contributed by atoms with van der Waals surface area (Å²) in [6.07, 6.45) is 2.28. The molecule has 0 radical (unpaired) electrons. The van der Waals surface area contributed by atoms with Gasteiger partial charge in [-0.05, 0) is 34.5 Å². The van der Waals surface area contributed by atoms with Crippen molar-refractivity contribution in [3.8, 4) is 0 Å². The number of anilines is 1. The molecule has 0 saturated heterocycles. The van der Waals surface area contributed by atoms with E-state index in [9.17, 15) is 9.18 Å². The molecule has 1 N–H and O–H groups in total. The van der Waals surface area contributed by atoms with Crippen molar-refractivity contribution in [2.24, 2.45) is 7.05 Å². The fraction of sp³-hybridized carbons (Fsp3) is 0.231. The van der Waals surface area contributed by atoms with Crippen molar-refractivity contribution in [3.63, 3.8) is 0 Å². The summed E-state index contributed by atoms with van der Waals surface area (Å²) in [5.74, 6) is -0.806. The largest absolute Gasteiger partial charge is 0.320 e. The zero-order valence-electron chi connectivity index (χ0n) is 10.9. The second-order valence-electron chi connectivity index (χ2n) is 4.22. The van der Waals surface area contributed by atoms with Crippen LogP contribution in [0, 0.1) is 5.82 Å². The van der Waals surface area contributed by atoms with Gasteiger partial charge in [-0.25, -0.2) is 4.39 Å². The summed E-state index contributed by atoms with van der Waals surface area (Å²) in [6.45, 7) is 1.92. The van der Waals surface area contributed by atoms with Gasteiger partial charge < -0.3 is 5.32 Å². The number of amides is 1. The van der Waals surface area contributed by atoms with Crippen LogP contribution in [-0.2, 0) is 13.5 Å². The number of aromatic nitrogens is 2. The van der Waals surface area contributed by atoms with E-state index in [4.69, 9.17) is 11.6 Å². The van der Waals surface area contributed by atoms with Gasteiger partial charge in [0, 0.05) is 17.7 Å². The molecule has 1 amide bonds. The van der Waals surface area contributed by atoms with E-state index in [2.05, 4.69) is 26.3 Å². The van der Waals surface area contributed by atoms with Gasteiger partial charge in [-0.1, -0.05) is 18.5 Å². The smallest absolute Gasteiger partial charge is 0.259 e. The summed E-state index contributed by atoms with van der Waals surface area (Å²) in [6, 6.07) is 2.39. The van der Waals surface area contributed by atoms with Crippen molar-refractivity contribution in [2.45, 2.75) is 13.3 Å². The molecule has 20 heavy (non-hydrogen) atoms. The van der Waals surface area contributed by atoms with Crippen molar-refractivity contribution < 1.29 is 9.18 Å². The van der Waals surface area contributed by atoms with Crippen molar-refractivity contribution in [1.29, 1.82) is 0 Å². The highest BCUT2D eigenvalue weighted by Gasteiger charge is 2.17. The number of rotatable bonds is 3. The molecule has 0 aliphatic carbocycles. The van der Waals surface area contributed by atoms with E-state index >= 15 is 0 Å². The van der Waals surface area contributed by atoms with Gasteiger partial charge in [0.1, 0.15) is 5.82 Å². The Morgan fingerprint density at radius 1 is 1.55 bits per heavy atom. The third-order valence-corrected chi connectivity index (χ3v) is 3.65. The molecule has 0 saturated carbocycles. The predicted molar refractivity (Wildman–Crippen MR) is 79.6 cm³/mol. The molecule has 1 heterocycles. The molecule has 0 atom stereocenters. The lowest BCUT2D eigenvalue weighted by Gasteiger charge is -2.09. The van der Waals surface area contributed by atoms with Gasteiger partial charge in [0.2, 0.25) is 0 Å². The highest BCUT2D eigenvalue weighted by Crippen LogP contribution is 2.32. The van der Waals surface area contributed by atoms with Crippen molar-refractivity contribution in [3.05, 3.63) is 44.9 Å². The fourth-order valence-corrected chi connectivity index (χ4v) is 2.73. The Bertz CT molecular complexity index is 649. The van der Waals surface area contributed by atoms with Crippen LogP contribution in [0.25, 0.3) is 0 Å². The Balaban J connectivity index is 2.32. The Hall–Kier alpha value is -1.40. The highest BCUT2D eigenvalue weighted by atomic mass is 79.9. The van der Waals surface area contributed by atoms with Crippen molar-refractivity contribution >= 4 is 39.1 Å². The number of hydrogen-bond acceptors (Lipinski definition) is 2. The Labute approximate surface area is 129 Å². The first-order valence-electron chi connectivity index (χ1n) is 5.90. The van der Waals surface area contributed by atoms with Crippen LogP contribution in [0.15, 0.2) is 22.8 Å². The Kier molecular flexibility index (Phi) is 4.45. The molecule has 106 valence electrons. The first-order valence-corrected chi connectivity index (χ1v) is 7.08. The molecule has 0 spiro atoms. The van der Waals surface area contributed by atoms with Crippen LogP contribution in [-0.4, -0.2) is 15.7 Å². The van der Waals surface area contributed by atoms with Crippen LogP contribution < -0.4 is 5.32 Å². The molecule has 0 bridgehead atoms. The topological polar surface area (TPSA) is 46.9 Å². The second kappa shape index (κ2) is 5.93. The molecule has 0 fully saturated rings. The maximum atomic E-state index is 13.2. The molecule has 7 heteroatoms. The maximum absolute atomic E-state index is 13.2. The molecular formula is C13H12BrClFN3O. The lowest BCUT2D eigenvalue weighted by atomic mass is 10.2. The van der Waals surface area contributed by atoms with E-state index in [-0.39, 0.29) is 10.9 Å². The third-order valence-electron chi connectivity index (χ3n) is 2.73. The van der Waals surface area contributed by atoms with E-state index < -0.39 is 5.82 Å². The van der Waals surface area contributed by atoms with Gasteiger partial charge in [-0.3, -0.25) is 9.48 Å². The van der Waals surface area contributed by atoms with E-state index in [0.717, 1.165) is 6.07 Å². The molecule has 0 unspecified atom stereocenters. The normalized spacial score (nSPS) is 10.7. The number of aryl methyl sites for hydroxylation is 2. The minimum absolute atomic E-state index is 0.132. The summed E-state index contributed by atoms with van der Waals surface area (Å²) in [5, 5.41) is 7.01. The number of halogens is 3. The molecule has 2 aromatic rings. The van der Waals surface area contributed by atoms with Crippen molar-refractivity contribution in [1.82, 2.24) is 9.78 Å². The predicted octanol–water partition coefficient (Wildman–Crippen LogP) is 3.79. The lowest BCUT2D eigenvalue weighted by molar-refractivity contribution is 0.102. The number of carbonyl (C=O) groups excluding carboxylic acids is 1. The van der Waals surface area contributed by atoms with Crippen LogP contribution in [0.4, 0.5) is 10.1 Å². The number of nitrogens with zero attached hydrogens (tertiary/aromatic N) is 2. The molecular weight excluding hydrogens is 349 g/mol. The van der Waals surface area contributed by atoms with Gasteiger partial charge >= 0.3 is 0 Å². The monoisotopic (exact) mass is 359 g/mol. The molecule has 1 aromatic heterocycles. The maximum Gasteiger partial charge on any atom is 0.259 e. The molecule has 4 nitrogen and oxygen atoms in total. The second-order valence-corrected chi connectivity index (χ2v) is 5.48. The van der Waals surface area contributed by atoms with E-state index in [0.29, 0.717) is 27.8 Å². The number of nitrogens with one attached hydrogen (secondary N) is 1. The fourth-order valence-electron chi connectivity index (χ4n) is 1.83. The lowest BCUT2D eigenvalue weighted by Crippen LogP contribution is -2.14.